The van der Waals surface area contributed by atoms with Crippen molar-refractivity contribution >= 4 is 17.5 Å². The van der Waals surface area contributed by atoms with Crippen molar-refractivity contribution in [3.05, 3.63) is 102 Å². The Morgan fingerprint density at radius 1 is 0.943 bits per heavy atom. The molecule has 4 rings (SSSR count). The van der Waals surface area contributed by atoms with Crippen molar-refractivity contribution in [2.75, 3.05) is 17.7 Å². The molecule has 0 radical (unpaired) electrons. The number of nitrogens with zero attached hydrogens (tertiary/aromatic N) is 2. The van der Waals surface area contributed by atoms with Gasteiger partial charge in [-0.25, -0.2) is 14.8 Å². The van der Waals surface area contributed by atoms with Crippen LogP contribution in [-0.2, 0) is 22.6 Å². The van der Waals surface area contributed by atoms with E-state index in [1.807, 2.05) is 84.9 Å². The van der Waals surface area contributed by atoms with Crippen molar-refractivity contribution in [3.8, 4) is 17.0 Å². The van der Waals surface area contributed by atoms with Gasteiger partial charge in [0.25, 0.3) is 0 Å². The van der Waals surface area contributed by atoms with Gasteiger partial charge in [-0.1, -0.05) is 42.5 Å². The SMILES string of the molecule is CCOC(=O)C(Cc1ccc(N)cc1)Nc1cc(-c2ccc(OCc3ccccc3)cc2)ncn1. The number of esters is 1. The molecule has 3 N–H and O–H groups in total. The smallest absolute Gasteiger partial charge is 0.328 e. The van der Waals surface area contributed by atoms with Crippen LogP contribution >= 0.6 is 0 Å². The fourth-order valence-corrected chi connectivity index (χ4v) is 3.56. The number of anilines is 2. The molecular weight excluding hydrogens is 440 g/mol. The zero-order chi connectivity index (χ0) is 24.5. The van der Waals surface area contributed by atoms with Crippen molar-refractivity contribution in [2.45, 2.75) is 26.0 Å². The number of hydrogen-bond donors (Lipinski definition) is 2. The van der Waals surface area contributed by atoms with Gasteiger partial charge in [0, 0.05) is 23.7 Å². The number of nitrogens with two attached hydrogens (primary N) is 1. The van der Waals surface area contributed by atoms with Crippen LogP contribution < -0.4 is 15.8 Å². The van der Waals surface area contributed by atoms with E-state index in [9.17, 15) is 4.79 Å². The van der Waals surface area contributed by atoms with E-state index in [0.717, 1.165) is 28.1 Å². The summed E-state index contributed by atoms with van der Waals surface area (Å²) in [6.07, 6.45) is 1.91. The van der Waals surface area contributed by atoms with Gasteiger partial charge in [0.2, 0.25) is 0 Å². The highest BCUT2D eigenvalue weighted by Gasteiger charge is 2.21. The number of aromatic nitrogens is 2. The van der Waals surface area contributed by atoms with E-state index >= 15 is 0 Å². The normalized spacial score (nSPS) is 11.5. The van der Waals surface area contributed by atoms with Crippen LogP contribution in [0.2, 0.25) is 0 Å². The van der Waals surface area contributed by atoms with E-state index in [1.165, 1.54) is 6.33 Å². The lowest BCUT2D eigenvalue weighted by molar-refractivity contribution is -0.144. The summed E-state index contributed by atoms with van der Waals surface area (Å²) < 4.78 is 11.1. The molecule has 0 aliphatic rings. The van der Waals surface area contributed by atoms with Crippen molar-refractivity contribution in [3.63, 3.8) is 0 Å². The van der Waals surface area contributed by atoms with E-state index in [0.29, 0.717) is 31.1 Å². The van der Waals surface area contributed by atoms with E-state index < -0.39 is 6.04 Å². The number of carbonyl (C=O) groups excluding carboxylic acids is 1. The van der Waals surface area contributed by atoms with Crippen molar-refractivity contribution in [1.29, 1.82) is 0 Å². The fraction of sp³-hybridized carbons (Fsp3) is 0.179. The second-order valence-electron chi connectivity index (χ2n) is 7.98. The van der Waals surface area contributed by atoms with Gasteiger partial charge in [-0.05, 0) is 54.4 Å². The number of hydrogen-bond acceptors (Lipinski definition) is 7. The molecule has 1 unspecified atom stereocenters. The highest BCUT2D eigenvalue weighted by atomic mass is 16.5. The number of benzene rings is 3. The molecule has 4 aromatic rings. The Balaban J connectivity index is 1.45. The number of ether oxygens (including phenoxy) is 2. The van der Waals surface area contributed by atoms with E-state index in [1.54, 1.807) is 6.92 Å². The lowest BCUT2D eigenvalue weighted by Crippen LogP contribution is -2.34. The van der Waals surface area contributed by atoms with Crippen LogP contribution in [0.5, 0.6) is 5.75 Å². The third kappa shape index (κ3) is 6.80. The third-order valence-electron chi connectivity index (χ3n) is 5.38. The Kier molecular flexibility index (Phi) is 7.91. The summed E-state index contributed by atoms with van der Waals surface area (Å²) in [5.74, 6) is 0.966. The van der Waals surface area contributed by atoms with Gasteiger partial charge in [-0.2, -0.15) is 0 Å². The second kappa shape index (κ2) is 11.7. The van der Waals surface area contributed by atoms with Gasteiger partial charge in [0.05, 0.1) is 12.3 Å². The zero-order valence-electron chi connectivity index (χ0n) is 19.6. The summed E-state index contributed by atoms with van der Waals surface area (Å²) in [4.78, 5) is 21.3. The molecule has 0 amide bonds. The summed E-state index contributed by atoms with van der Waals surface area (Å²) in [6, 6.07) is 26.4. The first-order valence-corrected chi connectivity index (χ1v) is 11.5. The first-order valence-electron chi connectivity index (χ1n) is 11.5. The van der Waals surface area contributed by atoms with Crippen LogP contribution in [0.25, 0.3) is 11.3 Å². The minimum absolute atomic E-state index is 0.298. The van der Waals surface area contributed by atoms with E-state index in [2.05, 4.69) is 15.3 Å². The lowest BCUT2D eigenvalue weighted by Gasteiger charge is -2.18. The van der Waals surface area contributed by atoms with Crippen LogP contribution in [-0.4, -0.2) is 28.6 Å². The van der Waals surface area contributed by atoms with E-state index in [-0.39, 0.29) is 5.97 Å². The minimum Gasteiger partial charge on any atom is -0.489 e. The number of carbonyl (C=O) groups is 1. The maximum Gasteiger partial charge on any atom is 0.328 e. The number of rotatable bonds is 10. The number of nitrogen functional groups attached to an aromatic ring is 1. The highest BCUT2D eigenvalue weighted by Crippen LogP contribution is 2.23. The average molecular weight is 469 g/mol. The molecule has 0 spiro atoms. The van der Waals surface area contributed by atoms with Crippen LogP contribution in [0, 0.1) is 0 Å². The second-order valence-corrected chi connectivity index (χ2v) is 7.98. The monoisotopic (exact) mass is 468 g/mol. The first-order chi connectivity index (χ1) is 17.1. The zero-order valence-corrected chi connectivity index (χ0v) is 19.6. The van der Waals surface area contributed by atoms with E-state index in [4.69, 9.17) is 15.2 Å². The molecule has 3 aromatic carbocycles. The summed E-state index contributed by atoms with van der Waals surface area (Å²) in [5.41, 5.74) is 10.2. The molecular formula is C28H28N4O3. The Bertz CT molecular complexity index is 1230. The Labute approximate surface area is 205 Å². The lowest BCUT2D eigenvalue weighted by atomic mass is 10.1. The van der Waals surface area contributed by atoms with Gasteiger partial charge in [0.1, 0.15) is 30.5 Å². The summed E-state index contributed by atoms with van der Waals surface area (Å²) >= 11 is 0. The molecule has 7 nitrogen and oxygen atoms in total. The summed E-state index contributed by atoms with van der Waals surface area (Å²) in [6.45, 7) is 2.59. The van der Waals surface area contributed by atoms with Gasteiger partial charge >= 0.3 is 5.97 Å². The van der Waals surface area contributed by atoms with Crippen LogP contribution in [0.3, 0.4) is 0 Å². The molecule has 0 bridgehead atoms. The maximum atomic E-state index is 12.6. The largest absolute Gasteiger partial charge is 0.489 e. The molecule has 0 saturated carbocycles. The van der Waals surface area contributed by atoms with Crippen molar-refractivity contribution in [1.82, 2.24) is 9.97 Å². The van der Waals surface area contributed by atoms with Gasteiger partial charge in [-0.15, -0.1) is 0 Å². The molecule has 1 aromatic heterocycles. The van der Waals surface area contributed by atoms with Crippen molar-refractivity contribution < 1.29 is 14.3 Å². The topological polar surface area (TPSA) is 99.4 Å². The first kappa shape index (κ1) is 23.8. The summed E-state index contributed by atoms with van der Waals surface area (Å²) in [5, 5.41) is 3.21. The Morgan fingerprint density at radius 2 is 1.69 bits per heavy atom. The predicted octanol–water partition coefficient (Wildman–Crippen LogP) is 4.89. The third-order valence-corrected chi connectivity index (χ3v) is 5.38. The molecule has 1 atom stereocenters. The molecule has 1 heterocycles. The maximum absolute atomic E-state index is 12.6. The van der Waals surface area contributed by atoms with Crippen molar-refractivity contribution in [2.24, 2.45) is 0 Å². The minimum atomic E-state index is -0.602. The number of nitrogens with one attached hydrogen (secondary N) is 1. The van der Waals surface area contributed by atoms with Gasteiger partial charge < -0.3 is 20.5 Å². The highest BCUT2D eigenvalue weighted by molar-refractivity contribution is 5.79. The fourth-order valence-electron chi connectivity index (χ4n) is 3.56. The van der Waals surface area contributed by atoms with Crippen LogP contribution in [0.15, 0.2) is 91.3 Å². The van der Waals surface area contributed by atoms with Gasteiger partial charge in [0.15, 0.2) is 0 Å². The molecule has 0 aliphatic carbocycles. The molecule has 7 heteroatoms. The average Bonchev–Trinajstić information content (AvgIpc) is 2.89. The van der Waals surface area contributed by atoms with Crippen LogP contribution in [0.1, 0.15) is 18.1 Å². The summed E-state index contributed by atoms with van der Waals surface area (Å²) in [7, 11) is 0. The molecule has 178 valence electrons. The molecule has 0 saturated heterocycles. The molecule has 0 aliphatic heterocycles. The predicted molar refractivity (Wildman–Crippen MR) is 137 cm³/mol. The Morgan fingerprint density at radius 3 is 2.40 bits per heavy atom. The molecule has 35 heavy (non-hydrogen) atoms. The Hall–Kier alpha value is -4.39. The van der Waals surface area contributed by atoms with Gasteiger partial charge in [-0.3, -0.25) is 0 Å². The quantitative estimate of drug-likeness (QED) is 0.252. The standard InChI is InChI=1S/C28H28N4O3/c1-2-34-28(33)26(16-20-8-12-23(29)13-9-20)32-27-17-25(30-19-31-27)22-10-14-24(15-11-22)35-18-21-6-4-3-5-7-21/h3-15,17,19,26H,2,16,18,29H2,1H3,(H,30,31,32). The molecule has 0 fully saturated rings. The van der Waals surface area contributed by atoms with Crippen LogP contribution in [0.4, 0.5) is 11.5 Å².